The summed E-state index contributed by atoms with van der Waals surface area (Å²) < 4.78 is 40.3. The fourth-order valence-electron chi connectivity index (χ4n) is 10.3. The maximum absolute atomic E-state index is 10.7. The van der Waals surface area contributed by atoms with Gasteiger partial charge >= 0.3 is 0 Å². The van der Waals surface area contributed by atoms with Crippen molar-refractivity contribution in [3.8, 4) is 11.5 Å². The van der Waals surface area contributed by atoms with Crippen molar-refractivity contribution in [3.05, 3.63) is 128 Å². The van der Waals surface area contributed by atoms with Crippen molar-refractivity contribution in [1.29, 1.82) is 0 Å². The first kappa shape index (κ1) is 58.4. The summed E-state index contributed by atoms with van der Waals surface area (Å²) in [7, 11) is 1.15. The number of benzene rings is 4. The maximum Gasteiger partial charge on any atom is 0.224 e. The Morgan fingerprint density at radius 1 is 0.581 bits per heavy atom. The quantitative estimate of drug-likeness (QED) is 0.0555. The molecule has 2 unspecified atom stereocenters. The van der Waals surface area contributed by atoms with E-state index < -0.39 is 73.9 Å². The van der Waals surface area contributed by atoms with Crippen molar-refractivity contribution in [2.75, 3.05) is 20.3 Å². The molecule has 4 heterocycles. The molecule has 0 radical (unpaired) electrons. The molecule has 4 aromatic carbocycles. The molecule has 0 aromatic heterocycles. The lowest BCUT2D eigenvalue weighted by Crippen LogP contribution is -2.64. The zero-order valence-electron chi connectivity index (χ0n) is 41.8. The lowest BCUT2D eigenvalue weighted by molar-refractivity contribution is -0.366. The van der Waals surface area contributed by atoms with Gasteiger partial charge in [-0.2, -0.15) is 0 Å². The van der Waals surface area contributed by atoms with E-state index in [2.05, 4.69) is 20.8 Å². The van der Waals surface area contributed by atoms with E-state index in [0.29, 0.717) is 58.1 Å². The van der Waals surface area contributed by atoms with Crippen molar-refractivity contribution in [2.45, 2.75) is 170 Å². The Hall–Kier alpha value is -3.24. The van der Waals surface area contributed by atoms with Gasteiger partial charge in [0.15, 0.2) is 12.6 Å². The minimum atomic E-state index is -1.79. The van der Waals surface area contributed by atoms with Crippen LogP contribution in [-0.2, 0) is 42.3 Å². The number of hydrogen-bond donors (Lipinski definition) is 8. The van der Waals surface area contributed by atoms with E-state index >= 15 is 0 Å². The van der Waals surface area contributed by atoms with E-state index in [-0.39, 0.29) is 28.8 Å². The topological polar surface area (TPSA) is 226 Å². The number of rotatable bonds is 16. The lowest BCUT2D eigenvalue weighted by Gasteiger charge is -2.47. The summed E-state index contributed by atoms with van der Waals surface area (Å²) in [4.78, 5) is 0. The highest BCUT2D eigenvalue weighted by atomic mass is 35.5. The maximum atomic E-state index is 10.7. The molecule has 0 bridgehead atoms. The lowest BCUT2D eigenvalue weighted by atomic mass is 9.87. The highest BCUT2D eigenvalue weighted by Gasteiger charge is 2.55. The third-order valence-electron chi connectivity index (χ3n) is 15.3. The number of methoxy groups -OCH3 is 1. The molecule has 0 amide bonds. The smallest absolute Gasteiger partial charge is 0.224 e. The second-order valence-corrected chi connectivity index (χ2v) is 25.2. The summed E-state index contributed by atoms with van der Waals surface area (Å²) in [5, 5.41) is 81.8. The molecule has 15 nitrogen and oxygen atoms in total. The normalized spacial score (nSPS) is 33.5. The number of hydrogen-bond acceptors (Lipinski definition) is 15. The van der Waals surface area contributed by atoms with Gasteiger partial charge in [0, 0.05) is 44.4 Å². The third-order valence-corrected chi connectivity index (χ3v) is 19.5. The molecule has 6 fully saturated rings. The highest BCUT2D eigenvalue weighted by Crippen LogP contribution is 2.47. The molecular weight excluding hydrogens is 1010 g/mol. The van der Waals surface area contributed by atoms with Crippen LogP contribution in [0.25, 0.3) is 0 Å². The summed E-state index contributed by atoms with van der Waals surface area (Å²) in [6.07, 6.45) is -6.12. The van der Waals surface area contributed by atoms with Crippen LogP contribution in [0.4, 0.5) is 0 Å². The van der Waals surface area contributed by atoms with Gasteiger partial charge in [-0.1, -0.05) is 112 Å². The molecule has 16 atom stereocenters. The number of aliphatic hydroxyl groups excluding tert-OH is 8. The number of halogens is 2. The molecule has 2 saturated carbocycles. The summed E-state index contributed by atoms with van der Waals surface area (Å²) in [6, 6.07) is 30.2. The van der Waals surface area contributed by atoms with Crippen LogP contribution in [0.2, 0.25) is 28.2 Å². The molecule has 4 saturated heterocycles. The minimum Gasteiger partial charge on any atom is -0.465 e. The van der Waals surface area contributed by atoms with Gasteiger partial charge in [0.05, 0.1) is 25.4 Å². The molecule has 74 heavy (non-hydrogen) atoms. The van der Waals surface area contributed by atoms with Gasteiger partial charge in [0.2, 0.25) is 5.79 Å². The van der Waals surface area contributed by atoms with Crippen LogP contribution in [0, 0.1) is 11.8 Å². The highest BCUT2D eigenvalue weighted by molar-refractivity contribution is 6.58. The Kier molecular flexibility index (Phi) is 20.5. The van der Waals surface area contributed by atoms with Gasteiger partial charge in [-0.3, -0.25) is 0 Å². The van der Waals surface area contributed by atoms with E-state index in [1.807, 2.05) is 54.6 Å². The van der Waals surface area contributed by atoms with Crippen LogP contribution >= 0.6 is 23.2 Å². The monoisotopic (exact) mass is 1090 g/mol. The van der Waals surface area contributed by atoms with Crippen molar-refractivity contribution in [1.82, 2.24) is 0 Å². The average molecular weight is 1090 g/mol. The average Bonchev–Trinajstić information content (AvgIpc) is 4.24. The van der Waals surface area contributed by atoms with Crippen molar-refractivity contribution >= 4 is 32.0 Å². The Morgan fingerprint density at radius 3 is 1.51 bits per heavy atom. The zero-order valence-corrected chi connectivity index (χ0v) is 44.5. The van der Waals surface area contributed by atoms with Crippen LogP contribution < -0.4 is 9.47 Å². The Morgan fingerprint density at radius 2 is 1.07 bits per heavy atom. The predicted octanol–water partition coefficient (Wildman–Crippen LogP) is 6.59. The minimum absolute atomic E-state index is 0. The molecule has 408 valence electrons. The second kappa shape index (κ2) is 25.9. The van der Waals surface area contributed by atoms with Crippen molar-refractivity contribution in [2.24, 2.45) is 11.8 Å². The Labute approximate surface area is 446 Å². The molecule has 6 aliphatic rings. The number of aliphatic hydroxyl groups is 8. The first-order chi connectivity index (χ1) is 35.1. The van der Waals surface area contributed by atoms with Gasteiger partial charge in [-0.05, 0) is 108 Å². The molecule has 4 aliphatic heterocycles. The van der Waals surface area contributed by atoms with Crippen molar-refractivity contribution in [3.63, 3.8) is 0 Å². The summed E-state index contributed by atoms with van der Waals surface area (Å²) in [6.45, 7) is 5.94. The van der Waals surface area contributed by atoms with Crippen LogP contribution in [0.3, 0.4) is 0 Å². The molecule has 18 heteroatoms. The van der Waals surface area contributed by atoms with E-state index in [9.17, 15) is 40.9 Å². The fraction of sp³-hybridized carbons (Fsp3) is 0.571. The summed E-state index contributed by atoms with van der Waals surface area (Å²) in [5.41, 5.74) is 4.61. The first-order valence-corrected chi connectivity index (χ1v) is 28.9. The van der Waals surface area contributed by atoms with Gasteiger partial charge in [-0.25, -0.2) is 0 Å². The number of fused-ring (bicyclic) bond motifs is 2. The zero-order chi connectivity index (χ0) is 52.1. The summed E-state index contributed by atoms with van der Waals surface area (Å²) >= 11 is 12.9. The standard InChI is InChI=1S/C25H29ClO8.C24H27ClO7.C6H16Si.CH4/c1-31-25(24(30)23(29)22(28)20(12-27)34-25)16-4-7-18(26)14(9-16)8-13-2-5-17(6-3-13)32-21-11-15-10-19(15)33-21;25-17-6-3-13(24-23(29)22(28)21(27)19(11-26)32-24)8-14(17)7-12-1-4-16(5-2-12)30-20-10-15-9-18(15)31-20;1-4-7(5-2)6-3;/h2-7,9,15,19-24,27-30H,8,10-12H2,1H3;1-6,8,15,18-24,26-29H,7,9-11H2;7H,4-6H2,1-3H3;1H4/t15-,19-,20+,21+,22+,23-,24+,25?;15-,18-,19+,20+,21+,22-,23+,24?;;/m00../s1. The molecule has 8 N–H and O–H groups in total. The molecular formula is C56H76Cl2O15Si. The summed E-state index contributed by atoms with van der Waals surface area (Å²) in [5.74, 6) is 1.04. The third kappa shape index (κ3) is 13.5. The van der Waals surface area contributed by atoms with E-state index in [1.165, 1.54) is 25.2 Å². The van der Waals surface area contributed by atoms with Gasteiger partial charge in [0.1, 0.15) is 66.4 Å². The predicted molar refractivity (Wildman–Crippen MR) is 282 cm³/mol. The van der Waals surface area contributed by atoms with Crippen LogP contribution in [-0.4, -0.2) is 144 Å². The van der Waals surface area contributed by atoms with Crippen molar-refractivity contribution < 1.29 is 74.0 Å². The van der Waals surface area contributed by atoms with Gasteiger partial charge in [-0.15, -0.1) is 0 Å². The Balaban J connectivity index is 0.000000190. The number of ether oxygens (including phenoxy) is 7. The second-order valence-electron chi connectivity index (χ2n) is 20.2. The fourth-order valence-corrected chi connectivity index (χ4v) is 12.4. The van der Waals surface area contributed by atoms with E-state index in [0.717, 1.165) is 59.4 Å². The molecule has 0 spiro atoms. The van der Waals surface area contributed by atoms with Crippen LogP contribution in [0.15, 0.2) is 84.9 Å². The molecule has 2 aliphatic carbocycles. The van der Waals surface area contributed by atoms with E-state index in [4.69, 9.17) is 56.4 Å². The SMILES string of the molecule is C.CC[SiH](CC)CC.COC1(c2ccc(Cl)c(Cc3ccc(O[C@H]4C[C@@H]5C[C@@H]5O4)cc3)c2)O[C@H](CO)[C@@H](O)[C@H](O)[C@H]1O.OC[C@H]1OC(c2ccc(Cl)c(Cc3ccc(O[C@H]4C[C@@H]5C[C@@H]5O4)cc3)c2)[C@H](O)[C@@H](O)[C@@H]1O. The first-order valence-electron chi connectivity index (χ1n) is 25.7. The molecule has 4 aromatic rings. The van der Waals surface area contributed by atoms with Crippen LogP contribution in [0.1, 0.15) is 93.4 Å². The molecule has 10 rings (SSSR count). The van der Waals surface area contributed by atoms with Gasteiger partial charge in [0.25, 0.3) is 0 Å². The van der Waals surface area contributed by atoms with Gasteiger partial charge < -0.3 is 74.0 Å². The largest absolute Gasteiger partial charge is 0.465 e. The Bertz CT molecular complexity index is 2370. The van der Waals surface area contributed by atoms with E-state index in [1.54, 1.807) is 30.3 Å². The van der Waals surface area contributed by atoms with Crippen LogP contribution in [0.5, 0.6) is 11.5 Å².